The van der Waals surface area contributed by atoms with Crippen LogP contribution in [0.1, 0.15) is 75.2 Å². The minimum absolute atomic E-state index is 0.0634. The van der Waals surface area contributed by atoms with Crippen LogP contribution in [0.4, 0.5) is 9.18 Å². The van der Waals surface area contributed by atoms with E-state index in [0.29, 0.717) is 18.6 Å². The highest BCUT2D eigenvalue weighted by molar-refractivity contribution is 5.90. The number of esters is 1. The molecule has 0 radical (unpaired) electrons. The molecule has 1 amide bonds. The largest absolute Gasteiger partial charge is 0.488 e. The highest BCUT2D eigenvalue weighted by Crippen LogP contribution is 2.45. The van der Waals surface area contributed by atoms with Crippen LogP contribution in [0.15, 0.2) is 12.1 Å². The first-order chi connectivity index (χ1) is 13.0. The molecule has 1 aromatic rings. The second-order valence-corrected chi connectivity index (χ2v) is 8.75. The molecule has 2 unspecified atom stereocenters. The van der Waals surface area contributed by atoms with Gasteiger partial charge in [0.2, 0.25) is 0 Å². The average molecular weight is 393 g/mol. The van der Waals surface area contributed by atoms with Crippen molar-refractivity contribution in [3.63, 3.8) is 0 Å². The Labute approximate surface area is 164 Å². The van der Waals surface area contributed by atoms with Gasteiger partial charge in [-0.2, -0.15) is 0 Å². The van der Waals surface area contributed by atoms with Crippen LogP contribution in [0, 0.1) is 5.82 Å². The van der Waals surface area contributed by atoms with Gasteiger partial charge in [-0.05, 0) is 70.9 Å². The summed E-state index contributed by atoms with van der Waals surface area (Å²) in [5.74, 6) is -0.748. The predicted octanol–water partition coefficient (Wildman–Crippen LogP) is 4.57. The summed E-state index contributed by atoms with van der Waals surface area (Å²) >= 11 is 0. The van der Waals surface area contributed by atoms with Crippen LogP contribution in [0.25, 0.3) is 0 Å². The number of hydrogen-bond acceptors (Lipinski definition) is 4. The van der Waals surface area contributed by atoms with Crippen molar-refractivity contribution in [2.45, 2.75) is 77.0 Å². The Morgan fingerprint density at radius 2 is 1.86 bits per heavy atom. The van der Waals surface area contributed by atoms with Crippen LogP contribution in [-0.4, -0.2) is 46.4 Å². The van der Waals surface area contributed by atoms with Crippen molar-refractivity contribution < 1.29 is 28.6 Å². The van der Waals surface area contributed by atoms with Crippen molar-refractivity contribution in [1.82, 2.24) is 4.90 Å². The van der Waals surface area contributed by atoms with E-state index in [-0.39, 0.29) is 30.2 Å². The Hall–Kier alpha value is -2.31. The number of likely N-dealkylation sites (tertiary alicyclic amines) is 1. The number of amides is 1. The Bertz CT molecular complexity index is 769. The summed E-state index contributed by atoms with van der Waals surface area (Å²) in [6.07, 6.45) is 1.99. The van der Waals surface area contributed by atoms with Crippen molar-refractivity contribution >= 4 is 12.1 Å². The molecule has 1 aromatic carbocycles. The zero-order valence-electron chi connectivity index (χ0n) is 16.8. The lowest BCUT2D eigenvalue weighted by Crippen LogP contribution is -2.48. The zero-order valence-corrected chi connectivity index (χ0v) is 16.8. The number of hydrogen-bond donors (Lipinski definition) is 1. The molecular weight excluding hydrogens is 365 g/mol. The summed E-state index contributed by atoms with van der Waals surface area (Å²) in [5, 5.41) is 9.34. The SMILES string of the molecule is CC1CCC(Oc2cc(F)c(C(=O)OC(C)(C)C)cc2C2CC2)CN1C(=O)O. The van der Waals surface area contributed by atoms with E-state index in [9.17, 15) is 19.1 Å². The molecular formula is C21H28FNO5. The molecule has 2 atom stereocenters. The van der Waals surface area contributed by atoms with Gasteiger partial charge < -0.3 is 19.5 Å². The van der Waals surface area contributed by atoms with Crippen molar-refractivity contribution in [2.24, 2.45) is 0 Å². The molecule has 1 aliphatic carbocycles. The molecule has 3 rings (SSSR count). The van der Waals surface area contributed by atoms with Gasteiger partial charge in [0.1, 0.15) is 23.3 Å². The van der Waals surface area contributed by atoms with E-state index in [1.54, 1.807) is 20.8 Å². The van der Waals surface area contributed by atoms with Gasteiger partial charge in [-0.3, -0.25) is 0 Å². The number of ether oxygens (including phenoxy) is 2. The number of piperidine rings is 1. The first-order valence-electron chi connectivity index (χ1n) is 9.78. The molecule has 0 aromatic heterocycles. The highest BCUT2D eigenvalue weighted by Gasteiger charge is 2.34. The van der Waals surface area contributed by atoms with Crippen LogP contribution in [-0.2, 0) is 4.74 Å². The van der Waals surface area contributed by atoms with E-state index in [1.165, 1.54) is 17.0 Å². The number of nitrogens with zero attached hydrogens (tertiary/aromatic N) is 1. The molecule has 1 saturated carbocycles. The molecule has 1 aliphatic heterocycles. The molecule has 0 bridgehead atoms. The minimum Gasteiger partial charge on any atom is -0.488 e. The summed E-state index contributed by atoms with van der Waals surface area (Å²) in [6, 6.07) is 2.72. The third kappa shape index (κ3) is 4.75. The van der Waals surface area contributed by atoms with Crippen LogP contribution in [0.2, 0.25) is 0 Å². The van der Waals surface area contributed by atoms with Crippen LogP contribution in [0.3, 0.4) is 0 Å². The van der Waals surface area contributed by atoms with E-state index in [1.807, 2.05) is 6.92 Å². The first kappa shape index (κ1) is 20.4. The van der Waals surface area contributed by atoms with Gasteiger partial charge in [-0.15, -0.1) is 0 Å². The van der Waals surface area contributed by atoms with Crippen LogP contribution >= 0.6 is 0 Å². The number of rotatable bonds is 4. The number of carbonyl (C=O) groups is 2. The standard InChI is InChI=1S/C21H28FNO5/c1-12-5-8-14(11-23(12)20(25)26)27-18-10-17(22)16(9-15(18)13-6-7-13)19(24)28-21(2,3)4/h9-10,12-14H,5-8,11H2,1-4H3,(H,25,26). The van der Waals surface area contributed by atoms with Crippen molar-refractivity contribution in [3.8, 4) is 5.75 Å². The third-order valence-electron chi connectivity index (χ3n) is 5.11. The van der Waals surface area contributed by atoms with Gasteiger partial charge in [0.15, 0.2) is 0 Å². The first-order valence-corrected chi connectivity index (χ1v) is 9.78. The van der Waals surface area contributed by atoms with E-state index < -0.39 is 23.5 Å². The van der Waals surface area contributed by atoms with E-state index in [0.717, 1.165) is 18.4 Å². The van der Waals surface area contributed by atoms with Gasteiger partial charge in [0.05, 0.1) is 12.1 Å². The predicted molar refractivity (Wildman–Crippen MR) is 101 cm³/mol. The van der Waals surface area contributed by atoms with E-state index >= 15 is 0 Å². The Morgan fingerprint density at radius 3 is 2.43 bits per heavy atom. The van der Waals surface area contributed by atoms with Gasteiger partial charge in [0.25, 0.3) is 0 Å². The topological polar surface area (TPSA) is 76.1 Å². The second kappa shape index (κ2) is 7.60. The molecule has 28 heavy (non-hydrogen) atoms. The lowest BCUT2D eigenvalue weighted by Gasteiger charge is -2.36. The maximum absolute atomic E-state index is 14.7. The molecule has 154 valence electrons. The summed E-state index contributed by atoms with van der Waals surface area (Å²) in [7, 11) is 0. The van der Waals surface area contributed by atoms with Gasteiger partial charge in [0, 0.05) is 12.1 Å². The minimum atomic E-state index is -0.977. The molecule has 6 nitrogen and oxygen atoms in total. The molecule has 1 saturated heterocycles. The summed E-state index contributed by atoms with van der Waals surface area (Å²) in [5.41, 5.74) is -0.00583. The third-order valence-corrected chi connectivity index (χ3v) is 5.11. The smallest absolute Gasteiger partial charge is 0.407 e. The monoisotopic (exact) mass is 393 g/mol. The maximum atomic E-state index is 14.7. The summed E-state index contributed by atoms with van der Waals surface area (Å²) in [4.78, 5) is 25.1. The molecule has 1 heterocycles. The van der Waals surface area contributed by atoms with Crippen molar-refractivity contribution in [3.05, 3.63) is 29.1 Å². The van der Waals surface area contributed by atoms with Gasteiger partial charge >= 0.3 is 12.1 Å². The summed E-state index contributed by atoms with van der Waals surface area (Å²) in [6.45, 7) is 7.33. The fraction of sp³-hybridized carbons (Fsp3) is 0.619. The molecule has 2 fully saturated rings. The van der Waals surface area contributed by atoms with Gasteiger partial charge in [-0.25, -0.2) is 14.0 Å². The Morgan fingerprint density at radius 1 is 1.18 bits per heavy atom. The fourth-order valence-corrected chi connectivity index (χ4v) is 3.49. The molecule has 7 heteroatoms. The maximum Gasteiger partial charge on any atom is 0.407 e. The Balaban J connectivity index is 1.83. The van der Waals surface area contributed by atoms with E-state index in [2.05, 4.69) is 0 Å². The molecule has 0 spiro atoms. The van der Waals surface area contributed by atoms with Crippen molar-refractivity contribution in [1.29, 1.82) is 0 Å². The summed E-state index contributed by atoms with van der Waals surface area (Å²) < 4.78 is 26.0. The highest BCUT2D eigenvalue weighted by atomic mass is 19.1. The number of benzene rings is 1. The van der Waals surface area contributed by atoms with Crippen LogP contribution in [0.5, 0.6) is 5.75 Å². The normalized spacial score (nSPS) is 22.7. The number of carboxylic acid groups (broad SMARTS) is 1. The molecule has 1 N–H and O–H groups in total. The lowest BCUT2D eigenvalue weighted by atomic mass is 10.0. The van der Waals surface area contributed by atoms with Gasteiger partial charge in [-0.1, -0.05) is 0 Å². The lowest BCUT2D eigenvalue weighted by molar-refractivity contribution is 0.00640. The fourth-order valence-electron chi connectivity index (χ4n) is 3.49. The van der Waals surface area contributed by atoms with Crippen molar-refractivity contribution in [2.75, 3.05) is 6.54 Å². The second-order valence-electron chi connectivity index (χ2n) is 8.75. The average Bonchev–Trinajstić information content (AvgIpc) is 3.39. The quantitative estimate of drug-likeness (QED) is 0.759. The van der Waals surface area contributed by atoms with E-state index in [4.69, 9.17) is 9.47 Å². The zero-order chi connectivity index (χ0) is 20.6. The number of carbonyl (C=O) groups excluding carboxylic acids is 1. The van der Waals surface area contributed by atoms with Crippen LogP contribution < -0.4 is 4.74 Å². The molecule has 2 aliphatic rings. The Kier molecular flexibility index (Phi) is 5.55. The number of halogens is 1.